The Morgan fingerprint density at radius 3 is 2.61 bits per heavy atom. The van der Waals surface area contributed by atoms with Crippen LogP contribution in [0, 0.1) is 5.92 Å². The summed E-state index contributed by atoms with van der Waals surface area (Å²) in [6.07, 6.45) is 0.997. The standard InChI is InChI=1S/C22H22Cl2N2O2/c1-13-7-8-21(27)26(22(13)28)20-6-4-3-5-15(20)17-11-25(2)12-18-16(17)9-14(23)10-19(18)24/h3-6,9-10,13,17H,7-8,11-12H2,1-2H3. The summed E-state index contributed by atoms with van der Waals surface area (Å²) in [7, 11) is 2.04. The van der Waals surface area contributed by atoms with Gasteiger partial charge >= 0.3 is 0 Å². The molecule has 0 spiro atoms. The highest BCUT2D eigenvalue weighted by molar-refractivity contribution is 6.35. The average Bonchev–Trinajstić information content (AvgIpc) is 2.66. The zero-order chi connectivity index (χ0) is 20.0. The van der Waals surface area contributed by atoms with Crippen LogP contribution >= 0.6 is 23.2 Å². The van der Waals surface area contributed by atoms with E-state index >= 15 is 0 Å². The van der Waals surface area contributed by atoms with E-state index in [0.717, 1.165) is 29.8 Å². The Balaban J connectivity index is 1.86. The number of benzene rings is 2. The number of carbonyl (C=O) groups is 2. The Bertz CT molecular complexity index is 960. The van der Waals surface area contributed by atoms with Gasteiger partial charge in [-0.1, -0.05) is 48.3 Å². The maximum absolute atomic E-state index is 12.8. The van der Waals surface area contributed by atoms with E-state index in [-0.39, 0.29) is 23.7 Å². The molecule has 0 bridgehead atoms. The van der Waals surface area contributed by atoms with Crippen molar-refractivity contribution in [2.45, 2.75) is 32.2 Å². The fourth-order valence-electron chi connectivity index (χ4n) is 4.27. The largest absolute Gasteiger partial charge is 0.301 e. The Hall–Kier alpha value is -1.88. The van der Waals surface area contributed by atoms with Gasteiger partial charge < -0.3 is 4.90 Å². The lowest BCUT2D eigenvalue weighted by atomic mass is 9.83. The summed E-state index contributed by atoms with van der Waals surface area (Å²) in [6, 6.07) is 11.4. The van der Waals surface area contributed by atoms with Crippen LogP contribution in [0.15, 0.2) is 36.4 Å². The van der Waals surface area contributed by atoms with Crippen molar-refractivity contribution in [3.63, 3.8) is 0 Å². The lowest BCUT2D eigenvalue weighted by molar-refractivity contribution is -0.131. The molecule has 6 heteroatoms. The number of hydrogen-bond donors (Lipinski definition) is 0. The van der Waals surface area contributed by atoms with E-state index in [0.29, 0.717) is 28.6 Å². The maximum Gasteiger partial charge on any atom is 0.236 e. The van der Waals surface area contributed by atoms with Gasteiger partial charge in [0.15, 0.2) is 0 Å². The van der Waals surface area contributed by atoms with Crippen molar-refractivity contribution in [1.82, 2.24) is 4.90 Å². The van der Waals surface area contributed by atoms with E-state index in [4.69, 9.17) is 23.2 Å². The number of rotatable bonds is 2. The molecule has 28 heavy (non-hydrogen) atoms. The number of amides is 2. The molecule has 0 radical (unpaired) electrons. The summed E-state index contributed by atoms with van der Waals surface area (Å²) in [5, 5.41) is 1.24. The van der Waals surface area contributed by atoms with Gasteiger partial charge in [0, 0.05) is 41.4 Å². The van der Waals surface area contributed by atoms with Crippen LogP contribution in [0.25, 0.3) is 0 Å². The first-order valence-electron chi connectivity index (χ1n) is 9.49. The highest BCUT2D eigenvalue weighted by Crippen LogP contribution is 2.42. The molecule has 146 valence electrons. The third-order valence-corrected chi connectivity index (χ3v) is 6.28. The van der Waals surface area contributed by atoms with Crippen molar-refractivity contribution in [3.05, 3.63) is 63.1 Å². The Morgan fingerprint density at radius 1 is 1.07 bits per heavy atom. The zero-order valence-corrected chi connectivity index (χ0v) is 17.4. The number of likely N-dealkylation sites (N-methyl/N-ethyl adjacent to an activating group) is 1. The van der Waals surface area contributed by atoms with Crippen LogP contribution in [0.2, 0.25) is 10.0 Å². The number of anilines is 1. The number of piperidine rings is 1. The van der Waals surface area contributed by atoms with Gasteiger partial charge in [0.2, 0.25) is 11.8 Å². The van der Waals surface area contributed by atoms with E-state index in [1.807, 2.05) is 44.3 Å². The fourth-order valence-corrected chi connectivity index (χ4v) is 4.84. The minimum Gasteiger partial charge on any atom is -0.301 e. The Labute approximate surface area is 175 Å². The molecule has 2 atom stereocenters. The second kappa shape index (κ2) is 7.51. The topological polar surface area (TPSA) is 40.6 Å². The fraction of sp³-hybridized carbons (Fsp3) is 0.364. The van der Waals surface area contributed by atoms with Crippen LogP contribution in [-0.4, -0.2) is 30.3 Å². The van der Waals surface area contributed by atoms with Gasteiger partial charge in [-0.05, 0) is 48.4 Å². The van der Waals surface area contributed by atoms with Gasteiger partial charge in [0.25, 0.3) is 0 Å². The number of fused-ring (bicyclic) bond motifs is 1. The molecule has 1 saturated heterocycles. The van der Waals surface area contributed by atoms with Crippen LogP contribution in [0.1, 0.15) is 42.4 Å². The molecule has 2 aromatic rings. The van der Waals surface area contributed by atoms with E-state index in [9.17, 15) is 9.59 Å². The maximum atomic E-state index is 12.8. The molecular weight excluding hydrogens is 395 g/mol. The van der Waals surface area contributed by atoms with Crippen LogP contribution in [0.3, 0.4) is 0 Å². The van der Waals surface area contributed by atoms with Crippen LogP contribution in [0.4, 0.5) is 5.69 Å². The summed E-state index contributed by atoms with van der Waals surface area (Å²) in [6.45, 7) is 3.38. The molecular formula is C22H22Cl2N2O2. The van der Waals surface area contributed by atoms with Crippen molar-refractivity contribution >= 4 is 40.7 Å². The lowest BCUT2D eigenvalue weighted by Gasteiger charge is -2.36. The van der Waals surface area contributed by atoms with E-state index in [2.05, 4.69) is 4.90 Å². The van der Waals surface area contributed by atoms with Crippen molar-refractivity contribution in [2.75, 3.05) is 18.5 Å². The first-order chi connectivity index (χ1) is 13.4. The highest BCUT2D eigenvalue weighted by atomic mass is 35.5. The van der Waals surface area contributed by atoms with Gasteiger partial charge in [-0.3, -0.25) is 14.5 Å². The van der Waals surface area contributed by atoms with Gasteiger partial charge in [-0.2, -0.15) is 0 Å². The molecule has 0 aliphatic carbocycles. The van der Waals surface area contributed by atoms with E-state index in [1.165, 1.54) is 4.90 Å². The Morgan fingerprint density at radius 2 is 1.82 bits per heavy atom. The Kier molecular flexibility index (Phi) is 5.21. The van der Waals surface area contributed by atoms with Crippen LogP contribution < -0.4 is 4.90 Å². The number of nitrogens with zero attached hydrogens (tertiary/aromatic N) is 2. The molecule has 2 aliphatic rings. The quantitative estimate of drug-likeness (QED) is 0.656. The molecule has 2 aromatic carbocycles. The van der Waals surface area contributed by atoms with Gasteiger partial charge in [0.05, 0.1) is 5.69 Å². The van der Waals surface area contributed by atoms with Crippen molar-refractivity contribution in [3.8, 4) is 0 Å². The predicted molar refractivity (Wildman–Crippen MR) is 112 cm³/mol. The van der Waals surface area contributed by atoms with Gasteiger partial charge in [0.1, 0.15) is 0 Å². The number of hydrogen-bond acceptors (Lipinski definition) is 3. The highest BCUT2D eigenvalue weighted by Gasteiger charge is 2.36. The zero-order valence-electron chi connectivity index (χ0n) is 15.9. The molecule has 4 rings (SSSR count). The van der Waals surface area contributed by atoms with E-state index in [1.54, 1.807) is 6.07 Å². The summed E-state index contributed by atoms with van der Waals surface area (Å²) in [5.41, 5.74) is 3.73. The smallest absolute Gasteiger partial charge is 0.236 e. The molecule has 2 aliphatic heterocycles. The minimum absolute atomic E-state index is 0.0287. The van der Waals surface area contributed by atoms with Crippen LogP contribution in [-0.2, 0) is 16.1 Å². The summed E-state index contributed by atoms with van der Waals surface area (Å²) >= 11 is 12.8. The summed E-state index contributed by atoms with van der Waals surface area (Å²) in [4.78, 5) is 29.1. The third kappa shape index (κ3) is 3.34. The monoisotopic (exact) mass is 416 g/mol. The van der Waals surface area contributed by atoms with Crippen molar-refractivity contribution in [2.24, 2.45) is 5.92 Å². The van der Waals surface area contributed by atoms with Crippen molar-refractivity contribution < 1.29 is 9.59 Å². The molecule has 2 amide bonds. The molecule has 0 aromatic heterocycles. The number of carbonyl (C=O) groups excluding carboxylic acids is 2. The van der Waals surface area contributed by atoms with Crippen LogP contribution in [0.5, 0.6) is 0 Å². The summed E-state index contributed by atoms with van der Waals surface area (Å²) in [5.74, 6) is -0.448. The normalized spacial score (nSPS) is 23.1. The van der Waals surface area contributed by atoms with Crippen molar-refractivity contribution in [1.29, 1.82) is 0 Å². The minimum atomic E-state index is -0.157. The second-order valence-corrected chi connectivity index (χ2v) is 8.61. The average molecular weight is 417 g/mol. The number of para-hydroxylation sites is 1. The predicted octanol–water partition coefficient (Wildman–Crippen LogP) is 4.86. The molecule has 0 saturated carbocycles. The first kappa shape index (κ1) is 19.4. The van der Waals surface area contributed by atoms with E-state index < -0.39 is 0 Å². The number of imide groups is 1. The number of halogens is 2. The lowest BCUT2D eigenvalue weighted by Crippen LogP contribution is -2.45. The molecule has 4 nitrogen and oxygen atoms in total. The molecule has 2 heterocycles. The van der Waals surface area contributed by atoms with Gasteiger partial charge in [-0.15, -0.1) is 0 Å². The third-order valence-electron chi connectivity index (χ3n) is 5.73. The summed E-state index contributed by atoms with van der Waals surface area (Å²) < 4.78 is 0. The molecule has 2 unspecified atom stereocenters. The molecule has 1 fully saturated rings. The van der Waals surface area contributed by atoms with Gasteiger partial charge in [-0.25, -0.2) is 0 Å². The molecule has 0 N–H and O–H groups in total. The first-order valence-corrected chi connectivity index (χ1v) is 10.2. The SMILES string of the molecule is CC1CCC(=O)N(c2ccccc2C2CN(C)Cc3c(Cl)cc(Cl)cc32)C1=O. The second-order valence-electron chi connectivity index (χ2n) is 7.77.